The lowest BCUT2D eigenvalue weighted by atomic mass is 10.2. The number of hydrogen-bond donors (Lipinski definition) is 1. The van der Waals surface area contributed by atoms with E-state index in [9.17, 15) is 5.11 Å². The minimum Gasteiger partial charge on any atom is -0.504 e. The van der Waals surface area contributed by atoms with E-state index in [0.29, 0.717) is 17.2 Å². The van der Waals surface area contributed by atoms with Crippen LogP contribution in [0.1, 0.15) is 5.56 Å². The van der Waals surface area contributed by atoms with Crippen molar-refractivity contribution in [3.8, 4) is 22.9 Å². The summed E-state index contributed by atoms with van der Waals surface area (Å²) in [6.45, 7) is 1.90. The standard InChI is InChI=1S/C14H12N4O2/c1-10-6-7-14(12(19)8-10)20-13-5-3-2-4-11(13)18-9-15-16-17-18/h2-9,19H,1H3. The number of benzene rings is 2. The molecule has 100 valence electrons. The number of aromatic nitrogens is 4. The van der Waals surface area contributed by atoms with Gasteiger partial charge in [0.2, 0.25) is 0 Å². The maximum atomic E-state index is 9.90. The molecule has 0 radical (unpaired) electrons. The molecule has 1 aromatic heterocycles. The van der Waals surface area contributed by atoms with Crippen molar-refractivity contribution in [2.75, 3.05) is 0 Å². The summed E-state index contributed by atoms with van der Waals surface area (Å²) in [5.74, 6) is 1.03. The predicted molar refractivity (Wildman–Crippen MR) is 72.1 cm³/mol. The molecular formula is C14H12N4O2. The van der Waals surface area contributed by atoms with Gasteiger partial charge in [0.25, 0.3) is 0 Å². The third-order valence-electron chi connectivity index (χ3n) is 2.80. The first-order valence-corrected chi connectivity index (χ1v) is 6.04. The van der Waals surface area contributed by atoms with E-state index >= 15 is 0 Å². The first-order valence-electron chi connectivity index (χ1n) is 6.04. The van der Waals surface area contributed by atoms with Crippen LogP contribution in [0.4, 0.5) is 0 Å². The molecule has 0 aliphatic rings. The minimum absolute atomic E-state index is 0.0940. The van der Waals surface area contributed by atoms with Gasteiger partial charge in [-0.3, -0.25) is 0 Å². The highest BCUT2D eigenvalue weighted by molar-refractivity contribution is 5.50. The summed E-state index contributed by atoms with van der Waals surface area (Å²) >= 11 is 0. The van der Waals surface area contributed by atoms with Gasteiger partial charge in [-0.2, -0.15) is 4.68 Å². The van der Waals surface area contributed by atoms with Crippen molar-refractivity contribution in [3.63, 3.8) is 0 Å². The summed E-state index contributed by atoms with van der Waals surface area (Å²) in [4.78, 5) is 0. The molecule has 0 atom stereocenters. The van der Waals surface area contributed by atoms with Gasteiger partial charge in [0.05, 0.1) is 0 Å². The van der Waals surface area contributed by atoms with Gasteiger partial charge in [-0.15, -0.1) is 5.10 Å². The van der Waals surface area contributed by atoms with E-state index in [0.717, 1.165) is 5.56 Å². The Balaban J connectivity index is 1.99. The lowest BCUT2D eigenvalue weighted by molar-refractivity contribution is 0.409. The smallest absolute Gasteiger partial charge is 0.169 e. The first kappa shape index (κ1) is 12.2. The fourth-order valence-corrected chi connectivity index (χ4v) is 1.84. The molecule has 0 saturated heterocycles. The molecule has 0 amide bonds. The molecule has 0 fully saturated rings. The van der Waals surface area contributed by atoms with E-state index in [1.165, 1.54) is 11.0 Å². The second kappa shape index (κ2) is 5.00. The van der Waals surface area contributed by atoms with Crippen molar-refractivity contribution in [2.45, 2.75) is 6.92 Å². The maximum absolute atomic E-state index is 9.90. The lowest BCUT2D eigenvalue weighted by Gasteiger charge is -2.11. The number of aryl methyl sites for hydroxylation is 1. The van der Waals surface area contributed by atoms with Gasteiger partial charge in [-0.1, -0.05) is 18.2 Å². The molecule has 3 aromatic rings. The third-order valence-corrected chi connectivity index (χ3v) is 2.80. The molecule has 6 heteroatoms. The number of tetrazole rings is 1. The van der Waals surface area contributed by atoms with Crippen LogP contribution >= 0.6 is 0 Å². The largest absolute Gasteiger partial charge is 0.504 e. The molecule has 1 heterocycles. The van der Waals surface area contributed by atoms with Crippen LogP contribution in [-0.2, 0) is 0 Å². The number of phenols is 1. The van der Waals surface area contributed by atoms with E-state index in [1.54, 1.807) is 18.2 Å². The summed E-state index contributed by atoms with van der Waals surface area (Å²) in [7, 11) is 0. The van der Waals surface area contributed by atoms with Crippen LogP contribution in [0.5, 0.6) is 17.2 Å². The van der Waals surface area contributed by atoms with Gasteiger partial charge in [-0.25, -0.2) is 0 Å². The molecule has 0 aliphatic carbocycles. The average molecular weight is 268 g/mol. The molecule has 3 rings (SSSR count). The number of aromatic hydroxyl groups is 1. The summed E-state index contributed by atoms with van der Waals surface area (Å²) < 4.78 is 7.25. The quantitative estimate of drug-likeness (QED) is 0.790. The van der Waals surface area contributed by atoms with Crippen molar-refractivity contribution in [1.82, 2.24) is 20.2 Å². The second-order valence-electron chi connectivity index (χ2n) is 4.30. The Kier molecular flexibility index (Phi) is 3.04. The van der Waals surface area contributed by atoms with Crippen LogP contribution < -0.4 is 4.74 Å². The van der Waals surface area contributed by atoms with Gasteiger partial charge < -0.3 is 9.84 Å². The van der Waals surface area contributed by atoms with Gasteiger partial charge in [0.1, 0.15) is 12.0 Å². The zero-order valence-electron chi connectivity index (χ0n) is 10.8. The van der Waals surface area contributed by atoms with Crippen molar-refractivity contribution >= 4 is 0 Å². The van der Waals surface area contributed by atoms with E-state index in [-0.39, 0.29) is 5.75 Å². The highest BCUT2D eigenvalue weighted by Gasteiger charge is 2.10. The number of hydrogen-bond acceptors (Lipinski definition) is 5. The highest BCUT2D eigenvalue weighted by Crippen LogP contribution is 2.33. The molecule has 0 unspecified atom stereocenters. The Morgan fingerprint density at radius 2 is 1.95 bits per heavy atom. The van der Waals surface area contributed by atoms with Crippen LogP contribution in [0.3, 0.4) is 0 Å². The Bertz CT molecular complexity index is 726. The molecular weight excluding hydrogens is 256 g/mol. The summed E-state index contributed by atoms with van der Waals surface area (Å²) in [5, 5.41) is 20.9. The fourth-order valence-electron chi connectivity index (χ4n) is 1.84. The van der Waals surface area contributed by atoms with Gasteiger partial charge in [0, 0.05) is 0 Å². The van der Waals surface area contributed by atoms with Crippen LogP contribution in [0.2, 0.25) is 0 Å². The van der Waals surface area contributed by atoms with Crippen LogP contribution in [0.15, 0.2) is 48.8 Å². The number of rotatable bonds is 3. The zero-order valence-corrected chi connectivity index (χ0v) is 10.8. The maximum Gasteiger partial charge on any atom is 0.169 e. The average Bonchev–Trinajstić information content (AvgIpc) is 2.96. The van der Waals surface area contributed by atoms with Crippen molar-refractivity contribution in [3.05, 3.63) is 54.4 Å². The monoisotopic (exact) mass is 268 g/mol. The molecule has 0 bridgehead atoms. The van der Waals surface area contributed by atoms with E-state index < -0.39 is 0 Å². The molecule has 0 aliphatic heterocycles. The van der Waals surface area contributed by atoms with Gasteiger partial charge >= 0.3 is 0 Å². The minimum atomic E-state index is 0.0940. The molecule has 20 heavy (non-hydrogen) atoms. The van der Waals surface area contributed by atoms with Crippen LogP contribution in [-0.4, -0.2) is 25.3 Å². The van der Waals surface area contributed by atoms with Gasteiger partial charge in [-0.05, 0) is 47.2 Å². The Morgan fingerprint density at radius 1 is 1.10 bits per heavy atom. The van der Waals surface area contributed by atoms with Crippen LogP contribution in [0.25, 0.3) is 5.69 Å². The number of para-hydroxylation sites is 2. The molecule has 2 aromatic carbocycles. The normalized spacial score (nSPS) is 10.4. The summed E-state index contributed by atoms with van der Waals surface area (Å²) in [5.41, 5.74) is 1.65. The van der Waals surface area contributed by atoms with Crippen molar-refractivity contribution in [1.29, 1.82) is 0 Å². The molecule has 1 N–H and O–H groups in total. The fraction of sp³-hybridized carbons (Fsp3) is 0.0714. The number of phenolic OH excluding ortho intramolecular Hbond substituents is 1. The zero-order chi connectivity index (χ0) is 13.9. The SMILES string of the molecule is Cc1ccc(Oc2ccccc2-n2cnnn2)c(O)c1. The Labute approximate surface area is 115 Å². The van der Waals surface area contributed by atoms with E-state index in [1.807, 2.05) is 31.2 Å². The second-order valence-corrected chi connectivity index (χ2v) is 4.30. The summed E-state index contributed by atoms with van der Waals surface area (Å²) in [6.07, 6.45) is 1.48. The van der Waals surface area contributed by atoms with Crippen molar-refractivity contribution < 1.29 is 9.84 Å². The first-order chi connectivity index (χ1) is 9.74. The van der Waals surface area contributed by atoms with E-state index in [4.69, 9.17) is 4.74 Å². The van der Waals surface area contributed by atoms with Gasteiger partial charge in [0.15, 0.2) is 17.2 Å². The third kappa shape index (κ3) is 2.31. The van der Waals surface area contributed by atoms with Crippen LogP contribution in [0, 0.1) is 6.92 Å². The predicted octanol–water partition coefficient (Wildman–Crippen LogP) is 2.47. The highest BCUT2D eigenvalue weighted by atomic mass is 16.5. The molecule has 0 saturated carbocycles. The topological polar surface area (TPSA) is 73.1 Å². The Hall–Kier alpha value is -2.89. The number of ether oxygens (including phenoxy) is 1. The Morgan fingerprint density at radius 3 is 2.70 bits per heavy atom. The summed E-state index contributed by atoms with van der Waals surface area (Å²) in [6, 6.07) is 12.6. The lowest BCUT2D eigenvalue weighted by Crippen LogP contribution is -1.98. The van der Waals surface area contributed by atoms with Crippen molar-refractivity contribution in [2.24, 2.45) is 0 Å². The molecule has 0 spiro atoms. The number of nitrogens with zero attached hydrogens (tertiary/aromatic N) is 4. The van der Waals surface area contributed by atoms with E-state index in [2.05, 4.69) is 15.5 Å². The molecule has 6 nitrogen and oxygen atoms in total.